The summed E-state index contributed by atoms with van der Waals surface area (Å²) in [6.45, 7) is 1.87. The fourth-order valence-corrected chi connectivity index (χ4v) is 5.47. The molecule has 0 unspecified atom stereocenters. The highest BCUT2D eigenvalue weighted by Gasteiger charge is 2.33. The summed E-state index contributed by atoms with van der Waals surface area (Å²) in [6, 6.07) is 16.9. The van der Waals surface area contributed by atoms with Crippen molar-refractivity contribution < 1.29 is 9.90 Å². The number of fused-ring (bicyclic) bond motifs is 1. The van der Waals surface area contributed by atoms with E-state index in [0.717, 1.165) is 45.1 Å². The smallest absolute Gasteiger partial charge is 0.123 e. The molecule has 2 atom stereocenters. The highest BCUT2D eigenvalue weighted by Crippen LogP contribution is 2.47. The van der Waals surface area contributed by atoms with Crippen molar-refractivity contribution in [2.45, 2.75) is 37.5 Å². The number of phenols is 1. The van der Waals surface area contributed by atoms with Crippen molar-refractivity contribution in [1.29, 1.82) is 0 Å². The summed E-state index contributed by atoms with van der Waals surface area (Å²) in [4.78, 5) is 13.4. The van der Waals surface area contributed by atoms with Crippen molar-refractivity contribution in [1.82, 2.24) is 9.78 Å². The lowest BCUT2D eigenvalue weighted by atomic mass is 9.70. The van der Waals surface area contributed by atoms with Crippen molar-refractivity contribution in [2.75, 3.05) is 18.0 Å². The van der Waals surface area contributed by atoms with E-state index in [1.54, 1.807) is 0 Å². The van der Waals surface area contributed by atoms with Crippen LogP contribution in [0, 0.1) is 5.92 Å². The molecule has 2 heterocycles. The Morgan fingerprint density at radius 2 is 1.81 bits per heavy atom. The minimum absolute atomic E-state index is 0.213. The van der Waals surface area contributed by atoms with Gasteiger partial charge in [-0.25, -0.2) is 0 Å². The number of hydrogen-bond donors (Lipinski definition) is 1. The number of carbonyl (C=O) groups is 1. The standard InChI is InChI=1S/C26H29N3O2/c1-28-25(10-13-27-28)24-8-4-20-16-22(31)7-9-23(20)26(24)19-2-5-21(6-3-19)29-14-11-18(17-30)12-15-29/h2-3,5-7,9-10,13,16-18,24,26,31H,4,8,11-12,14-15H2,1H3/t24-,26+/m0/s1. The van der Waals surface area contributed by atoms with E-state index in [9.17, 15) is 9.90 Å². The third-order valence-corrected chi connectivity index (χ3v) is 7.18. The summed E-state index contributed by atoms with van der Waals surface area (Å²) in [5.74, 6) is 1.13. The highest BCUT2D eigenvalue weighted by molar-refractivity contribution is 5.56. The number of piperidine rings is 1. The lowest BCUT2D eigenvalue weighted by Crippen LogP contribution is -2.34. The number of nitrogens with zero attached hydrogens (tertiary/aromatic N) is 3. The topological polar surface area (TPSA) is 58.4 Å². The summed E-state index contributed by atoms with van der Waals surface area (Å²) in [5.41, 5.74) is 6.32. The Morgan fingerprint density at radius 1 is 1.03 bits per heavy atom. The van der Waals surface area contributed by atoms with Gasteiger partial charge in [-0.05, 0) is 72.7 Å². The van der Waals surface area contributed by atoms with Crippen LogP contribution in [0.5, 0.6) is 5.75 Å². The molecule has 5 heteroatoms. The number of aryl methyl sites for hydroxylation is 2. The lowest BCUT2D eigenvalue weighted by Gasteiger charge is -2.35. The number of benzene rings is 2. The van der Waals surface area contributed by atoms with Crippen LogP contribution in [-0.4, -0.2) is 34.3 Å². The Labute approximate surface area is 183 Å². The summed E-state index contributed by atoms with van der Waals surface area (Å²) in [7, 11) is 2.02. The molecule has 2 aromatic carbocycles. The van der Waals surface area contributed by atoms with Gasteiger partial charge in [0.05, 0.1) is 0 Å². The Morgan fingerprint density at radius 3 is 2.48 bits per heavy atom. The molecule has 1 N–H and O–H groups in total. The van der Waals surface area contributed by atoms with Crippen LogP contribution in [-0.2, 0) is 18.3 Å². The third kappa shape index (κ3) is 3.73. The van der Waals surface area contributed by atoms with Crippen molar-refractivity contribution in [2.24, 2.45) is 13.0 Å². The molecule has 0 saturated carbocycles. The summed E-state index contributed by atoms with van der Waals surface area (Å²) < 4.78 is 1.99. The van der Waals surface area contributed by atoms with Gasteiger partial charge in [-0.1, -0.05) is 18.2 Å². The zero-order chi connectivity index (χ0) is 21.4. The van der Waals surface area contributed by atoms with Gasteiger partial charge in [0, 0.05) is 55.5 Å². The predicted octanol–water partition coefficient (Wildman–Crippen LogP) is 4.40. The fraction of sp³-hybridized carbons (Fsp3) is 0.385. The van der Waals surface area contributed by atoms with Crippen LogP contribution in [0.2, 0.25) is 0 Å². The number of aromatic nitrogens is 2. The molecule has 5 rings (SSSR count). The van der Waals surface area contributed by atoms with Crippen LogP contribution in [0.15, 0.2) is 54.7 Å². The Kier molecular flexibility index (Phi) is 5.26. The first-order valence-corrected chi connectivity index (χ1v) is 11.2. The van der Waals surface area contributed by atoms with Crippen molar-refractivity contribution in [3.63, 3.8) is 0 Å². The van der Waals surface area contributed by atoms with Crippen LogP contribution in [0.4, 0.5) is 5.69 Å². The quantitative estimate of drug-likeness (QED) is 0.642. The predicted molar refractivity (Wildman–Crippen MR) is 122 cm³/mol. The average Bonchev–Trinajstić information content (AvgIpc) is 3.24. The molecule has 0 bridgehead atoms. The molecule has 0 radical (unpaired) electrons. The minimum Gasteiger partial charge on any atom is -0.508 e. The van der Waals surface area contributed by atoms with E-state index < -0.39 is 0 Å². The molecule has 160 valence electrons. The number of carbonyl (C=O) groups excluding carboxylic acids is 1. The molecule has 2 aliphatic rings. The first kappa shape index (κ1) is 19.9. The lowest BCUT2D eigenvalue weighted by molar-refractivity contribution is -0.111. The second kappa shape index (κ2) is 8.22. The average molecular weight is 416 g/mol. The van der Waals surface area contributed by atoms with Gasteiger partial charge in [0.1, 0.15) is 12.0 Å². The molecule has 1 aliphatic heterocycles. The molecular weight excluding hydrogens is 386 g/mol. The van der Waals surface area contributed by atoms with Crippen molar-refractivity contribution in [3.05, 3.63) is 77.1 Å². The first-order chi connectivity index (χ1) is 15.1. The van der Waals surface area contributed by atoms with Crippen LogP contribution in [0.3, 0.4) is 0 Å². The van der Waals surface area contributed by atoms with Crippen molar-refractivity contribution in [3.8, 4) is 5.75 Å². The zero-order valence-electron chi connectivity index (χ0n) is 17.9. The van der Waals surface area contributed by atoms with Gasteiger partial charge < -0.3 is 14.8 Å². The summed E-state index contributed by atoms with van der Waals surface area (Å²) >= 11 is 0. The van der Waals surface area contributed by atoms with Crippen molar-refractivity contribution >= 4 is 12.0 Å². The molecule has 0 spiro atoms. The van der Waals surface area contributed by atoms with Gasteiger partial charge in [0.25, 0.3) is 0 Å². The normalized spacial score (nSPS) is 21.6. The maximum absolute atomic E-state index is 11.1. The number of phenolic OH excluding ortho intramolecular Hbond substituents is 1. The van der Waals surface area contributed by atoms with Gasteiger partial charge in [-0.3, -0.25) is 4.68 Å². The minimum atomic E-state index is 0.213. The number of aromatic hydroxyl groups is 1. The molecule has 1 saturated heterocycles. The van der Waals surface area contributed by atoms with E-state index >= 15 is 0 Å². The van der Waals surface area contributed by atoms with Gasteiger partial charge in [0.2, 0.25) is 0 Å². The first-order valence-electron chi connectivity index (χ1n) is 11.2. The Hall–Kier alpha value is -3.08. The second-order valence-corrected chi connectivity index (χ2v) is 8.94. The second-order valence-electron chi connectivity index (χ2n) is 8.94. The largest absolute Gasteiger partial charge is 0.508 e. The highest BCUT2D eigenvalue weighted by atomic mass is 16.3. The van der Waals surface area contributed by atoms with E-state index in [0.29, 0.717) is 11.7 Å². The summed E-state index contributed by atoms with van der Waals surface area (Å²) in [5, 5.41) is 14.4. The molecule has 5 nitrogen and oxygen atoms in total. The fourth-order valence-electron chi connectivity index (χ4n) is 5.47. The monoisotopic (exact) mass is 415 g/mol. The SMILES string of the molecule is Cn1nccc1[C@@H]1CCc2cc(O)ccc2[C@H]1c1ccc(N2CCC(C=O)CC2)cc1. The third-order valence-electron chi connectivity index (χ3n) is 7.18. The maximum Gasteiger partial charge on any atom is 0.123 e. The van der Waals surface area contributed by atoms with Crippen LogP contribution in [0.1, 0.15) is 53.5 Å². The number of anilines is 1. The molecule has 1 aliphatic carbocycles. The molecular formula is C26H29N3O2. The van der Waals surface area contributed by atoms with E-state index in [2.05, 4.69) is 46.4 Å². The zero-order valence-corrected chi connectivity index (χ0v) is 17.9. The Bertz CT molecular complexity index is 1060. The van der Waals surface area contributed by atoms with E-state index in [1.165, 1.54) is 28.1 Å². The van der Waals surface area contributed by atoms with Crippen LogP contribution < -0.4 is 4.90 Å². The van der Waals surface area contributed by atoms with Gasteiger partial charge in [-0.15, -0.1) is 0 Å². The van der Waals surface area contributed by atoms with E-state index in [1.807, 2.05) is 30.1 Å². The molecule has 0 amide bonds. The maximum atomic E-state index is 11.1. The van der Waals surface area contributed by atoms with Gasteiger partial charge >= 0.3 is 0 Å². The Balaban J connectivity index is 1.48. The van der Waals surface area contributed by atoms with Gasteiger partial charge in [-0.2, -0.15) is 5.10 Å². The van der Waals surface area contributed by atoms with Crippen LogP contribution in [0.25, 0.3) is 0 Å². The molecule has 31 heavy (non-hydrogen) atoms. The van der Waals surface area contributed by atoms with E-state index in [-0.39, 0.29) is 11.8 Å². The number of aldehydes is 1. The number of rotatable bonds is 4. The number of hydrogen-bond acceptors (Lipinski definition) is 4. The molecule has 3 aromatic rings. The van der Waals surface area contributed by atoms with E-state index in [4.69, 9.17) is 0 Å². The molecule has 1 aromatic heterocycles. The van der Waals surface area contributed by atoms with Gasteiger partial charge in [0.15, 0.2) is 0 Å². The summed E-state index contributed by atoms with van der Waals surface area (Å²) in [6.07, 6.45) is 6.85. The van der Waals surface area contributed by atoms with Crippen LogP contribution >= 0.6 is 0 Å². The molecule has 1 fully saturated rings.